The summed E-state index contributed by atoms with van der Waals surface area (Å²) in [5.74, 6) is 1.15. The molecule has 0 bridgehead atoms. The minimum Gasteiger partial charge on any atom is -0.481 e. The van der Waals surface area contributed by atoms with Gasteiger partial charge in [-0.25, -0.2) is 0 Å². The van der Waals surface area contributed by atoms with Gasteiger partial charge in [-0.15, -0.1) is 22.7 Å². The van der Waals surface area contributed by atoms with Crippen molar-refractivity contribution in [2.24, 2.45) is 0 Å². The Balaban J connectivity index is 0.00000247. The monoisotopic (exact) mass is 560 g/mol. The number of rotatable bonds is 22. The quantitative estimate of drug-likeness (QED) is 0.130. The Bertz CT molecular complexity index is 780. The average molecular weight is 561 g/mol. The number of hydrogen-bond donors (Lipinski definition) is 0. The molecule has 1 aliphatic rings. The van der Waals surface area contributed by atoms with Crippen molar-refractivity contribution in [1.82, 2.24) is 0 Å². The van der Waals surface area contributed by atoms with E-state index in [1.54, 1.807) is 0 Å². The Morgan fingerprint density at radius 2 is 0.921 bits per heavy atom. The molecule has 2 aromatic heterocycles. The van der Waals surface area contributed by atoms with Gasteiger partial charge in [-0.3, -0.25) is 0 Å². The second kappa shape index (κ2) is 21.0. The smallest absolute Gasteiger partial charge is 0.140 e. The summed E-state index contributed by atoms with van der Waals surface area (Å²) in [7, 11) is 0. The van der Waals surface area contributed by atoms with E-state index in [0.29, 0.717) is 0 Å². The van der Waals surface area contributed by atoms with Gasteiger partial charge in [0, 0.05) is 5.56 Å². The molecule has 0 amide bonds. The van der Waals surface area contributed by atoms with Crippen LogP contribution in [0.15, 0.2) is 22.9 Å². The second-order valence-electron chi connectivity index (χ2n) is 11.2. The Morgan fingerprint density at radius 1 is 0.526 bits per heavy atom. The van der Waals surface area contributed by atoms with Crippen molar-refractivity contribution >= 4 is 22.7 Å². The predicted octanol–water partition coefficient (Wildman–Crippen LogP) is 13.7. The van der Waals surface area contributed by atoms with Crippen LogP contribution in [-0.2, 0) is 5.60 Å². The summed E-state index contributed by atoms with van der Waals surface area (Å²) in [6.45, 7) is 8.61. The van der Waals surface area contributed by atoms with Crippen molar-refractivity contribution in [2.75, 3.05) is 0 Å². The molecule has 0 unspecified atom stereocenters. The molecule has 0 spiro atoms. The van der Waals surface area contributed by atoms with Crippen LogP contribution < -0.4 is 4.74 Å². The first-order chi connectivity index (χ1) is 18.8. The van der Waals surface area contributed by atoms with Crippen LogP contribution in [0.3, 0.4) is 0 Å². The maximum atomic E-state index is 6.93. The summed E-state index contributed by atoms with van der Waals surface area (Å²) in [6.07, 6.45) is 30.3. The molecule has 0 atom stereocenters. The van der Waals surface area contributed by atoms with Gasteiger partial charge in [-0.2, -0.15) is 0 Å². The van der Waals surface area contributed by atoms with E-state index >= 15 is 0 Å². The normalized spacial score (nSPS) is 13.4. The van der Waals surface area contributed by atoms with Crippen molar-refractivity contribution in [3.05, 3.63) is 28.5 Å². The van der Waals surface area contributed by atoms with Gasteiger partial charge >= 0.3 is 0 Å². The molecule has 0 saturated heterocycles. The lowest BCUT2D eigenvalue weighted by atomic mass is 9.81. The molecular weight excluding hydrogens is 501 g/mol. The van der Waals surface area contributed by atoms with E-state index < -0.39 is 0 Å². The molecule has 0 fully saturated rings. The Morgan fingerprint density at radius 3 is 1.39 bits per heavy atom. The van der Waals surface area contributed by atoms with E-state index in [9.17, 15) is 0 Å². The number of fused-ring (bicyclic) bond motifs is 3. The molecule has 1 aliphatic heterocycles. The van der Waals surface area contributed by atoms with E-state index in [0.717, 1.165) is 5.75 Å². The minimum absolute atomic E-state index is 0.0935. The van der Waals surface area contributed by atoms with Crippen LogP contribution in [0.5, 0.6) is 5.75 Å². The summed E-state index contributed by atoms with van der Waals surface area (Å²) in [5.41, 5.74) is 1.40. The summed E-state index contributed by atoms with van der Waals surface area (Å²) in [6, 6.07) is 4.60. The number of unbranched alkanes of at least 4 members (excludes halogenated alkanes) is 18. The summed E-state index contributed by atoms with van der Waals surface area (Å²) < 4.78 is 6.93. The zero-order valence-electron chi connectivity index (χ0n) is 25.6. The lowest BCUT2D eigenvalue weighted by molar-refractivity contribution is 0.0397. The third kappa shape index (κ3) is 11.4. The van der Waals surface area contributed by atoms with Crippen molar-refractivity contribution in [3.63, 3.8) is 0 Å². The molecule has 0 aliphatic carbocycles. The Kier molecular flexibility index (Phi) is 18.5. The highest BCUT2D eigenvalue weighted by atomic mass is 32.1. The number of ether oxygens (including phenoxy) is 1. The van der Waals surface area contributed by atoms with Crippen LogP contribution in [0.2, 0.25) is 0 Å². The van der Waals surface area contributed by atoms with Gasteiger partial charge < -0.3 is 4.74 Å². The third-order valence-electron chi connectivity index (χ3n) is 8.17. The first-order valence-corrected chi connectivity index (χ1v) is 18.4. The first kappa shape index (κ1) is 33.4. The maximum absolute atomic E-state index is 6.93. The highest BCUT2D eigenvalue weighted by Gasteiger charge is 2.41. The fourth-order valence-electron chi connectivity index (χ4n) is 5.95. The molecule has 218 valence electrons. The van der Waals surface area contributed by atoms with Crippen LogP contribution in [-0.4, -0.2) is 0 Å². The standard InChI is InChI=1S/C33H54OS2.C2H6/c1-3-5-7-9-11-13-15-17-19-21-25-33(26-22-20-18-16-14-12-10-8-6-4-2)29-23-27-35-31(29)32-30(34-33)24-28-36-32;1-2/h23-24,27-28H,3-22,25-26H2,1-2H3;1-2H3. The van der Waals surface area contributed by atoms with Gasteiger partial charge in [0.05, 0.1) is 9.75 Å². The van der Waals surface area contributed by atoms with Crippen molar-refractivity contribution in [2.45, 2.75) is 175 Å². The third-order valence-corrected chi connectivity index (χ3v) is 10.1. The fraction of sp³-hybridized carbons (Fsp3) is 0.771. The van der Waals surface area contributed by atoms with Gasteiger partial charge in [-0.05, 0) is 48.6 Å². The van der Waals surface area contributed by atoms with Crippen LogP contribution in [0.1, 0.15) is 175 Å². The minimum atomic E-state index is -0.0935. The molecule has 0 N–H and O–H groups in total. The molecule has 0 aromatic carbocycles. The van der Waals surface area contributed by atoms with Gasteiger partial charge in [0.2, 0.25) is 0 Å². The lowest BCUT2D eigenvalue weighted by Crippen LogP contribution is -2.35. The summed E-state index contributed by atoms with van der Waals surface area (Å²) >= 11 is 3.77. The largest absolute Gasteiger partial charge is 0.481 e. The second-order valence-corrected chi connectivity index (χ2v) is 13.1. The van der Waals surface area contributed by atoms with Crippen LogP contribution in [0.4, 0.5) is 0 Å². The van der Waals surface area contributed by atoms with E-state index in [1.165, 1.54) is 157 Å². The van der Waals surface area contributed by atoms with Crippen LogP contribution >= 0.6 is 22.7 Å². The number of hydrogen-bond acceptors (Lipinski definition) is 3. The molecule has 3 rings (SSSR count). The van der Waals surface area contributed by atoms with Gasteiger partial charge in [-0.1, -0.05) is 143 Å². The van der Waals surface area contributed by atoms with E-state index in [-0.39, 0.29) is 5.60 Å². The van der Waals surface area contributed by atoms with Crippen molar-refractivity contribution in [1.29, 1.82) is 0 Å². The van der Waals surface area contributed by atoms with Gasteiger partial charge in [0.15, 0.2) is 0 Å². The fourth-order valence-corrected chi connectivity index (χ4v) is 7.93. The van der Waals surface area contributed by atoms with Crippen molar-refractivity contribution < 1.29 is 4.74 Å². The summed E-state index contributed by atoms with van der Waals surface area (Å²) in [5, 5.41) is 4.51. The highest BCUT2D eigenvalue weighted by Crippen LogP contribution is 2.53. The molecule has 2 aromatic rings. The maximum Gasteiger partial charge on any atom is 0.140 e. The van der Waals surface area contributed by atoms with Crippen molar-refractivity contribution in [3.8, 4) is 15.5 Å². The molecule has 3 heteroatoms. The van der Waals surface area contributed by atoms with Gasteiger partial charge in [0.25, 0.3) is 0 Å². The summed E-state index contributed by atoms with van der Waals surface area (Å²) in [4.78, 5) is 2.85. The molecule has 0 saturated carbocycles. The zero-order valence-corrected chi connectivity index (χ0v) is 27.2. The van der Waals surface area contributed by atoms with Crippen LogP contribution in [0, 0.1) is 0 Å². The Hall–Kier alpha value is -0.800. The number of thiophene rings is 2. The molecular formula is C35H60OS2. The zero-order chi connectivity index (χ0) is 27.3. The van der Waals surface area contributed by atoms with E-state index in [1.807, 2.05) is 36.5 Å². The van der Waals surface area contributed by atoms with E-state index in [2.05, 4.69) is 36.7 Å². The molecule has 38 heavy (non-hydrogen) atoms. The SMILES string of the molecule is CC.CCCCCCCCCCCCC1(CCCCCCCCCCCC)Oc2ccsc2-c2sccc21. The van der Waals surface area contributed by atoms with Gasteiger partial charge in [0.1, 0.15) is 11.4 Å². The van der Waals surface area contributed by atoms with Crippen LogP contribution in [0.25, 0.3) is 9.75 Å². The molecule has 1 nitrogen and oxygen atoms in total. The topological polar surface area (TPSA) is 9.23 Å². The predicted molar refractivity (Wildman–Crippen MR) is 174 cm³/mol. The first-order valence-electron chi connectivity index (χ1n) is 16.7. The lowest BCUT2D eigenvalue weighted by Gasteiger charge is -2.38. The molecule has 3 heterocycles. The molecule has 0 radical (unpaired) electrons. The highest BCUT2D eigenvalue weighted by molar-refractivity contribution is 7.20. The average Bonchev–Trinajstić information content (AvgIpc) is 3.62. The van der Waals surface area contributed by atoms with E-state index in [4.69, 9.17) is 4.74 Å². The Labute approximate surface area is 245 Å².